The summed E-state index contributed by atoms with van der Waals surface area (Å²) in [5, 5.41) is 9.76. The topological polar surface area (TPSA) is 29.5 Å². The number of hydrogen-bond donors (Lipinski definition) is 1. The van der Waals surface area contributed by atoms with Gasteiger partial charge in [0.1, 0.15) is 0 Å². The van der Waals surface area contributed by atoms with Crippen molar-refractivity contribution >= 4 is 0 Å². The number of rotatable bonds is 6. The molecule has 0 aromatic rings. The van der Waals surface area contributed by atoms with E-state index in [1.807, 2.05) is 6.92 Å². The van der Waals surface area contributed by atoms with Crippen molar-refractivity contribution in [3.63, 3.8) is 0 Å². The summed E-state index contributed by atoms with van der Waals surface area (Å²) in [5.41, 5.74) is 1.05. The summed E-state index contributed by atoms with van der Waals surface area (Å²) in [4.78, 5) is 0. The molecule has 0 spiro atoms. The first-order valence-corrected chi connectivity index (χ1v) is 4.82. The second-order valence-electron chi connectivity index (χ2n) is 4.13. The molecule has 2 nitrogen and oxygen atoms in total. The summed E-state index contributed by atoms with van der Waals surface area (Å²) in [6.07, 6.45) is 1.05. The second-order valence-corrected chi connectivity index (χ2v) is 4.13. The lowest BCUT2D eigenvalue weighted by Gasteiger charge is -2.23. The molecule has 0 rings (SSSR count). The molecule has 0 bridgehead atoms. The molecule has 0 saturated carbocycles. The monoisotopic (exact) mass is 186 g/mol. The van der Waals surface area contributed by atoms with E-state index in [0.717, 1.165) is 18.4 Å². The van der Waals surface area contributed by atoms with Gasteiger partial charge in [0.25, 0.3) is 0 Å². The maximum Gasteiger partial charge on any atom is 0.0866 e. The highest BCUT2D eigenvalue weighted by molar-refractivity contribution is 4.92. The molecular formula is C11H22O2. The highest BCUT2D eigenvalue weighted by Crippen LogP contribution is 2.15. The van der Waals surface area contributed by atoms with Crippen molar-refractivity contribution in [3.05, 3.63) is 12.2 Å². The molecule has 0 amide bonds. The van der Waals surface area contributed by atoms with E-state index in [-0.39, 0.29) is 12.2 Å². The van der Waals surface area contributed by atoms with Crippen LogP contribution in [0.1, 0.15) is 33.6 Å². The van der Waals surface area contributed by atoms with E-state index >= 15 is 0 Å². The normalized spacial score (nSPS) is 15.8. The number of aliphatic hydroxyl groups excluding tert-OH is 1. The molecule has 0 saturated heterocycles. The van der Waals surface area contributed by atoms with E-state index in [0.29, 0.717) is 5.92 Å². The Hall–Kier alpha value is -0.340. The molecule has 0 aromatic heterocycles. The molecule has 0 aliphatic heterocycles. The first-order valence-electron chi connectivity index (χ1n) is 4.82. The molecule has 0 heterocycles. The lowest BCUT2D eigenvalue weighted by atomic mass is 9.98. The van der Waals surface area contributed by atoms with Gasteiger partial charge in [-0.1, -0.05) is 19.4 Å². The van der Waals surface area contributed by atoms with E-state index in [2.05, 4.69) is 20.4 Å². The minimum atomic E-state index is -0.373. The third-order valence-corrected chi connectivity index (χ3v) is 1.99. The SMILES string of the molecule is C=C(C)CC(OC)C(O)CC(C)C. The summed E-state index contributed by atoms with van der Waals surface area (Å²) < 4.78 is 5.21. The lowest BCUT2D eigenvalue weighted by Crippen LogP contribution is -2.29. The highest BCUT2D eigenvalue weighted by atomic mass is 16.5. The molecule has 2 heteroatoms. The van der Waals surface area contributed by atoms with Crippen LogP contribution in [-0.4, -0.2) is 24.4 Å². The van der Waals surface area contributed by atoms with Crippen LogP contribution in [0.4, 0.5) is 0 Å². The Morgan fingerprint density at radius 2 is 2.00 bits per heavy atom. The van der Waals surface area contributed by atoms with Crippen LogP contribution < -0.4 is 0 Å². The predicted molar refractivity (Wildman–Crippen MR) is 55.7 cm³/mol. The molecule has 78 valence electrons. The van der Waals surface area contributed by atoms with Crippen molar-refractivity contribution < 1.29 is 9.84 Å². The van der Waals surface area contributed by atoms with Crippen molar-refractivity contribution in [2.45, 2.75) is 45.8 Å². The maximum atomic E-state index is 9.76. The number of hydrogen-bond acceptors (Lipinski definition) is 2. The number of ether oxygens (including phenoxy) is 1. The molecule has 13 heavy (non-hydrogen) atoms. The number of aliphatic hydroxyl groups is 1. The van der Waals surface area contributed by atoms with Gasteiger partial charge in [0, 0.05) is 7.11 Å². The van der Waals surface area contributed by atoms with Gasteiger partial charge in [0.2, 0.25) is 0 Å². The van der Waals surface area contributed by atoms with Crippen LogP contribution in [0.25, 0.3) is 0 Å². The summed E-state index contributed by atoms with van der Waals surface area (Å²) >= 11 is 0. The van der Waals surface area contributed by atoms with Crippen molar-refractivity contribution in [1.82, 2.24) is 0 Å². The van der Waals surface area contributed by atoms with Crippen molar-refractivity contribution in [1.29, 1.82) is 0 Å². The molecule has 0 aliphatic rings. The van der Waals surface area contributed by atoms with Gasteiger partial charge in [-0.25, -0.2) is 0 Å². The standard InChI is InChI=1S/C11H22O2/c1-8(2)6-10(12)11(13-5)7-9(3)4/h8,10-12H,3,6-7H2,1-2,4-5H3. The second kappa shape index (κ2) is 6.17. The fraction of sp³-hybridized carbons (Fsp3) is 0.818. The maximum absolute atomic E-state index is 9.76. The van der Waals surface area contributed by atoms with Gasteiger partial charge in [-0.15, -0.1) is 6.58 Å². The van der Waals surface area contributed by atoms with Crippen LogP contribution in [-0.2, 0) is 4.74 Å². The zero-order chi connectivity index (χ0) is 10.4. The molecular weight excluding hydrogens is 164 g/mol. The lowest BCUT2D eigenvalue weighted by molar-refractivity contribution is -0.0202. The van der Waals surface area contributed by atoms with Crippen LogP contribution in [0.15, 0.2) is 12.2 Å². The van der Waals surface area contributed by atoms with E-state index in [1.165, 1.54) is 0 Å². The Morgan fingerprint density at radius 3 is 2.31 bits per heavy atom. The first-order chi connectivity index (χ1) is 5.97. The van der Waals surface area contributed by atoms with Crippen molar-refractivity contribution in [2.75, 3.05) is 7.11 Å². The minimum Gasteiger partial charge on any atom is -0.390 e. The van der Waals surface area contributed by atoms with Crippen LogP contribution in [0.2, 0.25) is 0 Å². The average molecular weight is 186 g/mol. The number of methoxy groups -OCH3 is 1. The van der Waals surface area contributed by atoms with E-state index < -0.39 is 0 Å². The average Bonchev–Trinajstić information content (AvgIpc) is 1.98. The predicted octanol–water partition coefficient (Wildman–Crippen LogP) is 2.37. The Labute approximate surface area is 81.6 Å². The zero-order valence-electron chi connectivity index (χ0n) is 9.21. The van der Waals surface area contributed by atoms with Gasteiger partial charge < -0.3 is 9.84 Å². The van der Waals surface area contributed by atoms with Gasteiger partial charge in [-0.2, -0.15) is 0 Å². The Kier molecular flexibility index (Phi) is 6.00. The Morgan fingerprint density at radius 1 is 1.46 bits per heavy atom. The van der Waals surface area contributed by atoms with Crippen LogP contribution in [0.3, 0.4) is 0 Å². The Bertz CT molecular complexity index is 152. The van der Waals surface area contributed by atoms with Gasteiger partial charge in [0.15, 0.2) is 0 Å². The van der Waals surface area contributed by atoms with Crippen LogP contribution >= 0.6 is 0 Å². The summed E-state index contributed by atoms with van der Waals surface area (Å²) in [7, 11) is 1.64. The third-order valence-electron chi connectivity index (χ3n) is 1.99. The third kappa shape index (κ3) is 5.83. The quantitative estimate of drug-likeness (QED) is 0.645. The van der Waals surface area contributed by atoms with Gasteiger partial charge in [-0.05, 0) is 25.7 Å². The van der Waals surface area contributed by atoms with Gasteiger partial charge >= 0.3 is 0 Å². The van der Waals surface area contributed by atoms with Crippen molar-refractivity contribution in [3.8, 4) is 0 Å². The van der Waals surface area contributed by atoms with Crippen LogP contribution in [0.5, 0.6) is 0 Å². The van der Waals surface area contributed by atoms with Gasteiger partial charge in [0.05, 0.1) is 12.2 Å². The molecule has 2 atom stereocenters. The van der Waals surface area contributed by atoms with E-state index in [9.17, 15) is 5.11 Å². The van der Waals surface area contributed by atoms with E-state index in [4.69, 9.17) is 4.74 Å². The fourth-order valence-electron chi connectivity index (χ4n) is 1.35. The molecule has 0 radical (unpaired) electrons. The molecule has 2 unspecified atom stereocenters. The summed E-state index contributed by atoms with van der Waals surface area (Å²) in [6.45, 7) is 9.95. The summed E-state index contributed by atoms with van der Waals surface area (Å²) in [6, 6.07) is 0. The minimum absolute atomic E-state index is 0.0973. The first kappa shape index (κ1) is 12.7. The molecule has 1 N–H and O–H groups in total. The zero-order valence-corrected chi connectivity index (χ0v) is 9.21. The highest BCUT2D eigenvalue weighted by Gasteiger charge is 2.19. The Balaban J connectivity index is 3.98. The summed E-state index contributed by atoms with van der Waals surface area (Å²) in [5.74, 6) is 0.498. The van der Waals surface area contributed by atoms with Crippen LogP contribution in [0, 0.1) is 5.92 Å². The van der Waals surface area contributed by atoms with Crippen molar-refractivity contribution in [2.24, 2.45) is 5.92 Å². The van der Waals surface area contributed by atoms with Gasteiger partial charge in [-0.3, -0.25) is 0 Å². The molecule has 0 aliphatic carbocycles. The molecule has 0 fully saturated rings. The van der Waals surface area contributed by atoms with E-state index in [1.54, 1.807) is 7.11 Å². The molecule has 0 aromatic carbocycles. The smallest absolute Gasteiger partial charge is 0.0866 e. The largest absolute Gasteiger partial charge is 0.390 e. The fourth-order valence-corrected chi connectivity index (χ4v) is 1.35.